The van der Waals surface area contributed by atoms with Crippen molar-refractivity contribution in [2.45, 2.75) is 39.8 Å². The summed E-state index contributed by atoms with van der Waals surface area (Å²) in [6.45, 7) is 6.49. The van der Waals surface area contributed by atoms with Gasteiger partial charge in [-0.25, -0.2) is 0 Å². The number of nitrogens with one attached hydrogen (secondary N) is 1. The van der Waals surface area contributed by atoms with Crippen molar-refractivity contribution in [1.29, 1.82) is 0 Å². The van der Waals surface area contributed by atoms with E-state index in [4.69, 9.17) is 4.52 Å². The summed E-state index contributed by atoms with van der Waals surface area (Å²) in [6.07, 6.45) is 0.255. The van der Waals surface area contributed by atoms with E-state index in [0.29, 0.717) is 18.8 Å². The van der Waals surface area contributed by atoms with Crippen LogP contribution in [-0.4, -0.2) is 28.4 Å². The molecule has 0 radical (unpaired) electrons. The number of rotatable bonds is 5. The fraction of sp³-hybridized carbons (Fsp3) is 0.421. The lowest BCUT2D eigenvalue weighted by Gasteiger charge is -2.25. The summed E-state index contributed by atoms with van der Waals surface area (Å²) < 4.78 is 5.10. The normalized spacial score (nSPS) is 18.4. The fourth-order valence-corrected chi connectivity index (χ4v) is 3.27. The van der Waals surface area contributed by atoms with Crippen LogP contribution in [0.2, 0.25) is 0 Å². The number of nitrogens with zero attached hydrogens (tertiary/aromatic N) is 2. The molecule has 2 amide bonds. The molecule has 1 aliphatic heterocycles. The molecule has 2 aromatic rings. The Morgan fingerprint density at radius 3 is 2.72 bits per heavy atom. The summed E-state index contributed by atoms with van der Waals surface area (Å²) in [5.41, 5.74) is 2.75. The van der Waals surface area contributed by atoms with Crippen LogP contribution in [0.15, 0.2) is 34.9 Å². The van der Waals surface area contributed by atoms with E-state index in [2.05, 4.69) is 10.5 Å². The van der Waals surface area contributed by atoms with E-state index < -0.39 is 0 Å². The number of hydrogen-bond acceptors (Lipinski definition) is 4. The lowest BCUT2D eigenvalue weighted by atomic mass is 10.1. The van der Waals surface area contributed by atoms with Gasteiger partial charge in [0.2, 0.25) is 11.8 Å². The van der Waals surface area contributed by atoms with Gasteiger partial charge in [0, 0.05) is 25.1 Å². The van der Waals surface area contributed by atoms with E-state index in [-0.39, 0.29) is 30.2 Å². The Balaban J connectivity index is 1.61. The van der Waals surface area contributed by atoms with Gasteiger partial charge in [-0.1, -0.05) is 35.5 Å². The zero-order valence-corrected chi connectivity index (χ0v) is 14.8. The fourth-order valence-electron chi connectivity index (χ4n) is 3.27. The summed E-state index contributed by atoms with van der Waals surface area (Å²) in [5, 5.41) is 6.79. The van der Waals surface area contributed by atoms with Gasteiger partial charge < -0.3 is 14.7 Å². The minimum absolute atomic E-state index is 0.0221. The third-order valence-corrected chi connectivity index (χ3v) is 4.90. The molecule has 1 fully saturated rings. The molecule has 1 saturated heterocycles. The second kappa shape index (κ2) is 7.09. The summed E-state index contributed by atoms with van der Waals surface area (Å²) in [4.78, 5) is 26.6. The van der Waals surface area contributed by atoms with Crippen molar-refractivity contribution in [1.82, 2.24) is 15.4 Å². The summed E-state index contributed by atoms with van der Waals surface area (Å²) in [5.74, 6) is 0.309. The van der Waals surface area contributed by atoms with E-state index in [0.717, 1.165) is 16.8 Å². The van der Waals surface area contributed by atoms with Crippen LogP contribution in [0.1, 0.15) is 42.0 Å². The van der Waals surface area contributed by atoms with E-state index in [9.17, 15) is 9.59 Å². The van der Waals surface area contributed by atoms with Crippen molar-refractivity contribution >= 4 is 11.8 Å². The first-order chi connectivity index (χ1) is 12.0. The Bertz CT molecular complexity index is 750. The quantitative estimate of drug-likeness (QED) is 0.907. The van der Waals surface area contributed by atoms with Crippen molar-refractivity contribution in [3.8, 4) is 0 Å². The number of likely N-dealkylation sites (tertiary alicyclic amines) is 1. The van der Waals surface area contributed by atoms with Crippen LogP contribution in [-0.2, 0) is 16.1 Å². The van der Waals surface area contributed by atoms with Crippen molar-refractivity contribution < 1.29 is 14.1 Å². The number of aromatic nitrogens is 1. The van der Waals surface area contributed by atoms with Gasteiger partial charge >= 0.3 is 0 Å². The zero-order valence-electron chi connectivity index (χ0n) is 14.8. The lowest BCUT2D eigenvalue weighted by Crippen LogP contribution is -2.33. The molecule has 0 aliphatic carbocycles. The third-order valence-electron chi connectivity index (χ3n) is 4.90. The van der Waals surface area contributed by atoms with Crippen molar-refractivity contribution in [2.24, 2.45) is 5.92 Å². The standard InChI is InChI=1S/C19H23N3O3/c1-12-17(14(3)25-21-12)10-20-19(24)16-9-18(23)22(11-16)13(2)15-7-5-4-6-8-15/h4-8,13,16H,9-11H2,1-3H3,(H,20,24)/t13-,16-/m1/s1. The number of hydrogen-bond donors (Lipinski definition) is 1. The molecule has 25 heavy (non-hydrogen) atoms. The van der Waals surface area contributed by atoms with E-state index in [1.54, 1.807) is 4.90 Å². The first-order valence-electron chi connectivity index (χ1n) is 8.51. The monoisotopic (exact) mass is 341 g/mol. The Morgan fingerprint density at radius 2 is 2.08 bits per heavy atom. The number of carbonyl (C=O) groups is 2. The third kappa shape index (κ3) is 3.57. The summed E-state index contributed by atoms with van der Waals surface area (Å²) >= 11 is 0. The Hall–Kier alpha value is -2.63. The second-order valence-corrected chi connectivity index (χ2v) is 6.55. The van der Waals surface area contributed by atoms with Crippen LogP contribution >= 0.6 is 0 Å². The molecule has 1 N–H and O–H groups in total. The van der Waals surface area contributed by atoms with E-state index in [1.165, 1.54) is 0 Å². The minimum atomic E-state index is -0.320. The molecule has 0 spiro atoms. The van der Waals surface area contributed by atoms with Gasteiger partial charge in [-0.3, -0.25) is 9.59 Å². The van der Waals surface area contributed by atoms with Gasteiger partial charge in [-0.2, -0.15) is 0 Å². The van der Waals surface area contributed by atoms with Gasteiger partial charge in [0.15, 0.2) is 0 Å². The second-order valence-electron chi connectivity index (χ2n) is 6.55. The molecule has 2 atom stereocenters. The van der Waals surface area contributed by atoms with Gasteiger partial charge in [0.25, 0.3) is 0 Å². The van der Waals surface area contributed by atoms with Crippen molar-refractivity contribution in [3.63, 3.8) is 0 Å². The molecule has 0 unspecified atom stereocenters. The Morgan fingerprint density at radius 1 is 1.36 bits per heavy atom. The summed E-state index contributed by atoms with van der Waals surface area (Å²) in [6, 6.07) is 9.84. The van der Waals surface area contributed by atoms with Crippen LogP contribution in [0.25, 0.3) is 0 Å². The molecular weight excluding hydrogens is 318 g/mol. The molecule has 0 saturated carbocycles. The number of amides is 2. The predicted molar refractivity (Wildman–Crippen MR) is 92.5 cm³/mol. The number of aryl methyl sites for hydroxylation is 2. The van der Waals surface area contributed by atoms with Crippen molar-refractivity contribution in [2.75, 3.05) is 6.54 Å². The first kappa shape index (κ1) is 17.2. The number of carbonyl (C=O) groups excluding carboxylic acids is 2. The largest absolute Gasteiger partial charge is 0.361 e. The lowest BCUT2D eigenvalue weighted by molar-refractivity contribution is -0.130. The number of benzene rings is 1. The average molecular weight is 341 g/mol. The van der Waals surface area contributed by atoms with Gasteiger partial charge in [0.05, 0.1) is 17.7 Å². The van der Waals surface area contributed by atoms with Gasteiger partial charge in [-0.15, -0.1) is 0 Å². The Kier molecular flexibility index (Phi) is 4.88. The van der Waals surface area contributed by atoms with Gasteiger partial charge in [0.1, 0.15) is 5.76 Å². The highest BCUT2D eigenvalue weighted by atomic mass is 16.5. The first-order valence-corrected chi connectivity index (χ1v) is 8.51. The SMILES string of the molecule is Cc1noc(C)c1CNC(=O)[C@@H]1CC(=O)N([C@H](C)c2ccccc2)C1. The molecule has 6 heteroatoms. The highest BCUT2D eigenvalue weighted by molar-refractivity contribution is 5.89. The molecule has 132 valence electrons. The Labute approximate surface area is 147 Å². The molecule has 2 heterocycles. The molecule has 1 aliphatic rings. The molecule has 6 nitrogen and oxygen atoms in total. The minimum Gasteiger partial charge on any atom is -0.361 e. The smallest absolute Gasteiger partial charge is 0.225 e. The maximum atomic E-state index is 12.5. The zero-order chi connectivity index (χ0) is 18.0. The molecule has 3 rings (SSSR count). The highest BCUT2D eigenvalue weighted by Crippen LogP contribution is 2.28. The maximum absolute atomic E-state index is 12.5. The molecule has 1 aromatic heterocycles. The van der Waals surface area contributed by atoms with Crippen LogP contribution in [0.3, 0.4) is 0 Å². The van der Waals surface area contributed by atoms with Crippen LogP contribution in [0.4, 0.5) is 0 Å². The van der Waals surface area contributed by atoms with Crippen LogP contribution < -0.4 is 5.32 Å². The molecule has 0 bridgehead atoms. The van der Waals surface area contributed by atoms with E-state index in [1.807, 2.05) is 51.1 Å². The van der Waals surface area contributed by atoms with Crippen LogP contribution in [0.5, 0.6) is 0 Å². The summed E-state index contributed by atoms with van der Waals surface area (Å²) in [7, 11) is 0. The average Bonchev–Trinajstić information content (AvgIpc) is 3.16. The molecule has 1 aromatic carbocycles. The van der Waals surface area contributed by atoms with Gasteiger partial charge in [-0.05, 0) is 26.3 Å². The topological polar surface area (TPSA) is 75.4 Å². The highest BCUT2D eigenvalue weighted by Gasteiger charge is 2.36. The van der Waals surface area contributed by atoms with E-state index >= 15 is 0 Å². The maximum Gasteiger partial charge on any atom is 0.225 e. The van der Waals surface area contributed by atoms with Crippen LogP contribution in [0, 0.1) is 19.8 Å². The predicted octanol–water partition coefficient (Wildman–Crippen LogP) is 2.52. The van der Waals surface area contributed by atoms with Crippen molar-refractivity contribution in [3.05, 3.63) is 52.9 Å². The molecular formula is C19H23N3O3.